The molecule has 3 aliphatic heterocycles. The number of fused-ring (bicyclic) bond motifs is 6. The summed E-state index contributed by atoms with van der Waals surface area (Å²) in [5.74, 6) is -0.579. The lowest BCUT2D eigenvalue weighted by Crippen LogP contribution is -2.74. The van der Waals surface area contributed by atoms with E-state index in [1.807, 2.05) is 48.9 Å². The highest BCUT2D eigenvalue weighted by Gasteiger charge is 2.70. The van der Waals surface area contributed by atoms with E-state index in [-0.39, 0.29) is 11.8 Å². The summed E-state index contributed by atoms with van der Waals surface area (Å²) in [6, 6.07) is 7.29. The lowest BCUT2D eigenvalue weighted by atomic mass is 9.96. The monoisotopic (exact) mass is 442 g/mol. The maximum atomic E-state index is 14.2. The van der Waals surface area contributed by atoms with Crippen molar-refractivity contribution in [3.63, 3.8) is 0 Å². The van der Waals surface area contributed by atoms with Gasteiger partial charge in [0.25, 0.3) is 11.8 Å². The molecule has 2 fully saturated rings. The molecule has 0 spiro atoms. The first-order chi connectivity index (χ1) is 14.4. The number of hydrogen-bond acceptors (Lipinski definition) is 6. The van der Waals surface area contributed by atoms with E-state index in [1.54, 1.807) is 15.9 Å². The minimum absolute atomic E-state index is 0.0780. The molecule has 3 heterocycles. The second kappa shape index (κ2) is 6.65. The molecule has 2 saturated heterocycles. The Morgan fingerprint density at radius 1 is 1.10 bits per heavy atom. The van der Waals surface area contributed by atoms with E-state index >= 15 is 0 Å². The Morgan fingerprint density at radius 2 is 1.83 bits per heavy atom. The second-order valence-corrected chi connectivity index (χ2v) is 10.1. The topological polar surface area (TPSA) is 66.9 Å². The number of esters is 1. The van der Waals surface area contributed by atoms with Gasteiger partial charge in [0.15, 0.2) is 9.74 Å². The number of hydrogen-bond donors (Lipinski definition) is 0. The van der Waals surface area contributed by atoms with Crippen LogP contribution in [0.2, 0.25) is 0 Å². The van der Waals surface area contributed by atoms with Gasteiger partial charge in [-0.15, -0.1) is 23.5 Å². The largest absolute Gasteiger partial charge is 0.456 e. The third-order valence-corrected chi connectivity index (χ3v) is 8.87. The molecular formula is C22H22N2O4S2. The molecule has 0 aromatic heterocycles. The fourth-order valence-electron chi connectivity index (χ4n) is 5.26. The van der Waals surface area contributed by atoms with Gasteiger partial charge in [-0.25, -0.2) is 0 Å². The number of nitrogens with zero attached hydrogens (tertiary/aromatic N) is 2. The van der Waals surface area contributed by atoms with Crippen molar-refractivity contribution >= 4 is 47.0 Å². The van der Waals surface area contributed by atoms with Crippen LogP contribution in [0, 0.1) is 0 Å². The summed E-state index contributed by atoms with van der Waals surface area (Å²) in [6.45, 7) is 1.37. The van der Waals surface area contributed by atoms with Gasteiger partial charge in [-0.2, -0.15) is 0 Å². The standard InChI is InChI=1S/C22H22N2O4S2/c1-13(25)28-17-10-6-8-15-12-22(30-3)19(26)23-16-9-5-4-7-14(16)11-21(23,29-2)20(27)24(22)18(15)17/h4-10,17-18H,11-12H2,1-3H3. The molecule has 4 atom stereocenters. The number of piperazine rings is 1. The van der Waals surface area contributed by atoms with Crippen LogP contribution in [-0.2, 0) is 25.5 Å². The van der Waals surface area contributed by atoms with Crippen LogP contribution in [0.15, 0.2) is 48.1 Å². The number of allylic oxidation sites excluding steroid dienone is 2. The summed E-state index contributed by atoms with van der Waals surface area (Å²) < 4.78 is 5.57. The van der Waals surface area contributed by atoms with Gasteiger partial charge in [-0.1, -0.05) is 30.4 Å². The van der Waals surface area contributed by atoms with Gasteiger partial charge in [0.2, 0.25) is 0 Å². The molecule has 4 aliphatic rings. The Bertz CT molecular complexity index is 1040. The van der Waals surface area contributed by atoms with Crippen molar-refractivity contribution in [2.75, 3.05) is 17.4 Å². The molecule has 8 heteroatoms. The molecule has 6 nitrogen and oxygen atoms in total. The Labute approximate surface area is 183 Å². The van der Waals surface area contributed by atoms with Gasteiger partial charge in [-0.3, -0.25) is 19.3 Å². The van der Waals surface area contributed by atoms with Crippen molar-refractivity contribution in [1.82, 2.24) is 4.90 Å². The van der Waals surface area contributed by atoms with Gasteiger partial charge in [0.05, 0.1) is 6.04 Å². The third-order valence-electron chi connectivity index (χ3n) is 6.50. The van der Waals surface area contributed by atoms with Gasteiger partial charge in [-0.05, 0) is 35.8 Å². The Morgan fingerprint density at radius 3 is 2.53 bits per heavy atom. The van der Waals surface area contributed by atoms with Crippen LogP contribution < -0.4 is 4.90 Å². The zero-order valence-corrected chi connectivity index (χ0v) is 18.6. The zero-order valence-electron chi connectivity index (χ0n) is 17.0. The molecule has 1 aromatic rings. The van der Waals surface area contributed by atoms with Crippen molar-refractivity contribution in [2.45, 2.75) is 41.7 Å². The fourth-order valence-corrected chi connectivity index (χ4v) is 7.16. The molecule has 30 heavy (non-hydrogen) atoms. The minimum Gasteiger partial charge on any atom is -0.456 e. The molecule has 0 N–H and O–H groups in total. The van der Waals surface area contributed by atoms with Gasteiger partial charge >= 0.3 is 5.97 Å². The molecular weight excluding hydrogens is 420 g/mol. The van der Waals surface area contributed by atoms with E-state index in [1.165, 1.54) is 30.4 Å². The molecule has 0 radical (unpaired) electrons. The summed E-state index contributed by atoms with van der Waals surface area (Å²) in [7, 11) is 0. The maximum Gasteiger partial charge on any atom is 0.303 e. The van der Waals surface area contributed by atoms with E-state index in [0.29, 0.717) is 12.8 Å². The molecule has 1 aromatic carbocycles. The molecule has 2 amide bonds. The van der Waals surface area contributed by atoms with Crippen LogP contribution in [0.1, 0.15) is 18.9 Å². The summed E-state index contributed by atoms with van der Waals surface area (Å²) in [5, 5.41) is 0. The summed E-state index contributed by atoms with van der Waals surface area (Å²) in [6.07, 6.45) is 9.65. The molecule has 5 rings (SSSR count). The van der Waals surface area contributed by atoms with Crippen molar-refractivity contribution < 1.29 is 19.1 Å². The number of anilines is 1. The quantitative estimate of drug-likeness (QED) is 0.671. The van der Waals surface area contributed by atoms with Crippen LogP contribution in [0.5, 0.6) is 0 Å². The lowest BCUT2D eigenvalue weighted by Gasteiger charge is -2.52. The highest BCUT2D eigenvalue weighted by atomic mass is 32.2. The minimum atomic E-state index is -1.05. The lowest BCUT2D eigenvalue weighted by molar-refractivity contribution is -0.155. The average molecular weight is 443 g/mol. The summed E-state index contributed by atoms with van der Waals surface area (Å²) >= 11 is 2.80. The zero-order chi connectivity index (χ0) is 21.3. The molecule has 0 bridgehead atoms. The number of carbonyl (C=O) groups excluding carboxylic acids is 3. The van der Waals surface area contributed by atoms with Crippen molar-refractivity contribution in [3.05, 3.63) is 53.6 Å². The first-order valence-corrected chi connectivity index (χ1v) is 12.3. The molecule has 1 aliphatic carbocycles. The van der Waals surface area contributed by atoms with E-state index < -0.39 is 27.9 Å². The summed E-state index contributed by atoms with van der Waals surface area (Å²) in [5.41, 5.74) is 2.77. The first kappa shape index (κ1) is 19.8. The van der Waals surface area contributed by atoms with E-state index in [0.717, 1.165) is 16.8 Å². The molecule has 156 valence electrons. The SMILES string of the molecule is CSC12Cc3ccccc3N1C(=O)C1(SC)CC3=CC=CC(OC(C)=O)C3N1C2=O. The van der Waals surface area contributed by atoms with Crippen molar-refractivity contribution in [2.24, 2.45) is 0 Å². The van der Waals surface area contributed by atoms with Crippen LogP contribution in [0.4, 0.5) is 5.69 Å². The third kappa shape index (κ3) is 2.32. The fraction of sp³-hybridized carbons (Fsp3) is 0.409. The van der Waals surface area contributed by atoms with Gasteiger partial charge in [0, 0.05) is 25.5 Å². The van der Waals surface area contributed by atoms with Gasteiger partial charge < -0.3 is 9.64 Å². The highest BCUT2D eigenvalue weighted by Crippen LogP contribution is 2.58. The van der Waals surface area contributed by atoms with Crippen molar-refractivity contribution in [3.8, 4) is 0 Å². The predicted molar refractivity (Wildman–Crippen MR) is 118 cm³/mol. The second-order valence-electron chi connectivity index (χ2n) is 7.92. The maximum absolute atomic E-state index is 14.2. The van der Waals surface area contributed by atoms with Crippen molar-refractivity contribution in [1.29, 1.82) is 0 Å². The van der Waals surface area contributed by atoms with Crippen LogP contribution in [-0.4, -0.2) is 57.1 Å². The Balaban J connectivity index is 1.69. The number of benzene rings is 1. The number of para-hydroxylation sites is 1. The van der Waals surface area contributed by atoms with Crippen LogP contribution >= 0.6 is 23.5 Å². The molecule has 4 unspecified atom stereocenters. The normalized spacial score (nSPS) is 33.6. The summed E-state index contributed by atoms with van der Waals surface area (Å²) in [4.78, 5) is 41.5. The van der Waals surface area contributed by atoms with E-state index in [4.69, 9.17) is 4.74 Å². The predicted octanol–water partition coefficient (Wildman–Crippen LogP) is 2.74. The molecule has 0 saturated carbocycles. The smallest absolute Gasteiger partial charge is 0.303 e. The Kier molecular flexibility index (Phi) is 4.38. The highest BCUT2D eigenvalue weighted by molar-refractivity contribution is 8.01. The first-order valence-electron chi connectivity index (χ1n) is 9.81. The number of carbonyl (C=O) groups is 3. The number of rotatable bonds is 3. The van der Waals surface area contributed by atoms with Crippen LogP contribution in [0.25, 0.3) is 0 Å². The number of amides is 2. The number of thioether (sulfide) groups is 2. The number of ether oxygens (including phenoxy) is 1. The van der Waals surface area contributed by atoms with E-state index in [2.05, 4.69) is 0 Å². The van der Waals surface area contributed by atoms with E-state index in [9.17, 15) is 14.4 Å². The van der Waals surface area contributed by atoms with Gasteiger partial charge in [0.1, 0.15) is 6.10 Å². The van der Waals surface area contributed by atoms with Crippen LogP contribution in [0.3, 0.4) is 0 Å². The Hall–Kier alpha value is -2.19. The average Bonchev–Trinajstić information content (AvgIpc) is 3.27.